The number of aliphatic hydroxyl groups excluding tert-OH is 1. The molecule has 4 nitrogen and oxygen atoms in total. The zero-order valence-corrected chi connectivity index (χ0v) is 12.1. The fourth-order valence-electron chi connectivity index (χ4n) is 3.19. The van der Waals surface area contributed by atoms with Crippen LogP contribution in [0.2, 0.25) is 0 Å². The molecule has 0 saturated carbocycles. The minimum Gasteiger partial charge on any atom is -0.384 e. The van der Waals surface area contributed by atoms with Crippen LogP contribution in [-0.4, -0.2) is 35.9 Å². The molecule has 3 atom stereocenters. The molecule has 2 saturated heterocycles. The lowest BCUT2D eigenvalue weighted by molar-refractivity contribution is 0.0840. The van der Waals surface area contributed by atoms with Crippen molar-refractivity contribution in [1.29, 1.82) is 0 Å². The molecule has 1 aromatic rings. The minimum atomic E-state index is -0.182. The van der Waals surface area contributed by atoms with Crippen LogP contribution in [0.5, 0.6) is 0 Å². The first kappa shape index (κ1) is 14.1. The summed E-state index contributed by atoms with van der Waals surface area (Å²) >= 11 is 0. The number of fused-ring (bicyclic) bond motifs is 2. The van der Waals surface area contributed by atoms with Crippen molar-refractivity contribution in [3.05, 3.63) is 34.9 Å². The number of nitrogens with one attached hydrogen (secondary N) is 1. The fourth-order valence-corrected chi connectivity index (χ4v) is 3.19. The Bertz CT molecular complexity index is 614. The quantitative estimate of drug-likeness (QED) is 0.807. The molecule has 0 aliphatic carbocycles. The highest BCUT2D eigenvalue weighted by Gasteiger charge is 2.41. The van der Waals surface area contributed by atoms with E-state index in [2.05, 4.69) is 17.2 Å². The first-order chi connectivity index (χ1) is 10.2. The van der Waals surface area contributed by atoms with Crippen molar-refractivity contribution < 1.29 is 14.6 Å². The second-order valence-electron chi connectivity index (χ2n) is 5.63. The largest absolute Gasteiger partial charge is 0.384 e. The van der Waals surface area contributed by atoms with E-state index in [0.717, 1.165) is 30.4 Å². The number of hydrogen-bond donors (Lipinski definition) is 2. The average Bonchev–Trinajstić information content (AvgIpc) is 3.08. The van der Waals surface area contributed by atoms with Gasteiger partial charge in [0.25, 0.3) is 5.91 Å². The van der Waals surface area contributed by atoms with Gasteiger partial charge in [-0.15, -0.1) is 0 Å². The number of ether oxygens (including phenoxy) is 1. The molecule has 3 unspecified atom stereocenters. The molecule has 2 fully saturated rings. The van der Waals surface area contributed by atoms with E-state index in [-0.39, 0.29) is 24.7 Å². The van der Waals surface area contributed by atoms with Crippen molar-refractivity contribution in [2.24, 2.45) is 0 Å². The van der Waals surface area contributed by atoms with Gasteiger partial charge in [-0.3, -0.25) is 4.79 Å². The Hall–Kier alpha value is -1.83. The molecule has 2 aliphatic rings. The Morgan fingerprint density at radius 2 is 2.33 bits per heavy atom. The molecule has 110 valence electrons. The summed E-state index contributed by atoms with van der Waals surface area (Å²) in [5.74, 6) is 5.43. The first-order valence-electron chi connectivity index (χ1n) is 7.34. The highest BCUT2D eigenvalue weighted by molar-refractivity contribution is 5.96. The maximum Gasteiger partial charge on any atom is 0.251 e. The highest BCUT2D eigenvalue weighted by Crippen LogP contribution is 2.34. The standard InChI is InChI=1S/C17H19NO3/c1-11-12(5-3-9-19)4-2-6-14(11)17(20)18-15-10-13-7-8-16(15)21-13/h2,4,6,13,15-16,19H,7-10H2,1H3,(H,18,20). The summed E-state index contributed by atoms with van der Waals surface area (Å²) < 4.78 is 5.76. The van der Waals surface area contributed by atoms with Crippen LogP contribution in [0.3, 0.4) is 0 Å². The number of benzene rings is 1. The topological polar surface area (TPSA) is 58.6 Å². The third-order valence-electron chi connectivity index (χ3n) is 4.30. The summed E-state index contributed by atoms with van der Waals surface area (Å²) in [6.45, 7) is 1.70. The van der Waals surface area contributed by atoms with Crippen LogP contribution in [0.25, 0.3) is 0 Å². The normalized spacial score (nSPS) is 26.3. The SMILES string of the molecule is Cc1c(C#CCO)cccc1C(=O)NC1CC2CCC1O2. The molecule has 1 amide bonds. The van der Waals surface area contributed by atoms with Crippen LogP contribution in [-0.2, 0) is 4.74 Å². The summed E-state index contributed by atoms with van der Waals surface area (Å²) in [4.78, 5) is 12.5. The summed E-state index contributed by atoms with van der Waals surface area (Å²) in [5, 5.41) is 11.9. The summed E-state index contributed by atoms with van der Waals surface area (Å²) in [6.07, 6.45) is 3.57. The molecule has 3 rings (SSSR count). The molecule has 2 bridgehead atoms. The smallest absolute Gasteiger partial charge is 0.251 e. The second kappa shape index (κ2) is 5.88. The number of carbonyl (C=O) groups is 1. The van der Waals surface area contributed by atoms with Crippen LogP contribution >= 0.6 is 0 Å². The molecule has 2 heterocycles. The van der Waals surface area contributed by atoms with Gasteiger partial charge in [-0.2, -0.15) is 0 Å². The van der Waals surface area contributed by atoms with E-state index in [1.165, 1.54) is 0 Å². The van der Waals surface area contributed by atoms with Crippen LogP contribution in [0, 0.1) is 18.8 Å². The lowest BCUT2D eigenvalue weighted by Gasteiger charge is -2.20. The molecule has 0 spiro atoms. The highest BCUT2D eigenvalue weighted by atomic mass is 16.5. The van der Waals surface area contributed by atoms with Gasteiger partial charge in [0.1, 0.15) is 6.61 Å². The summed E-state index contributed by atoms with van der Waals surface area (Å²) in [5.41, 5.74) is 2.27. The molecule has 21 heavy (non-hydrogen) atoms. The van der Waals surface area contributed by atoms with Gasteiger partial charge in [0.2, 0.25) is 0 Å². The lowest BCUT2D eigenvalue weighted by atomic mass is 9.94. The number of rotatable bonds is 2. The predicted molar refractivity (Wildman–Crippen MR) is 78.9 cm³/mol. The van der Waals surface area contributed by atoms with E-state index >= 15 is 0 Å². The molecule has 1 aromatic carbocycles. The van der Waals surface area contributed by atoms with E-state index in [1.807, 2.05) is 25.1 Å². The lowest BCUT2D eigenvalue weighted by Crippen LogP contribution is -2.41. The maximum atomic E-state index is 12.5. The minimum absolute atomic E-state index is 0.0682. The number of amides is 1. The van der Waals surface area contributed by atoms with Gasteiger partial charge in [0.05, 0.1) is 18.2 Å². The van der Waals surface area contributed by atoms with Crippen molar-refractivity contribution in [2.45, 2.75) is 44.4 Å². The third-order valence-corrected chi connectivity index (χ3v) is 4.30. The second-order valence-corrected chi connectivity index (χ2v) is 5.63. The van der Waals surface area contributed by atoms with Gasteiger partial charge in [-0.1, -0.05) is 17.9 Å². The van der Waals surface area contributed by atoms with Gasteiger partial charge >= 0.3 is 0 Å². The molecular weight excluding hydrogens is 266 g/mol. The number of hydrogen-bond acceptors (Lipinski definition) is 3. The van der Waals surface area contributed by atoms with Crippen molar-refractivity contribution in [2.75, 3.05) is 6.61 Å². The summed E-state index contributed by atoms with van der Waals surface area (Å²) in [7, 11) is 0. The fraction of sp³-hybridized carbons (Fsp3) is 0.471. The Balaban J connectivity index is 1.75. The molecular formula is C17H19NO3. The first-order valence-corrected chi connectivity index (χ1v) is 7.34. The van der Waals surface area contributed by atoms with E-state index in [9.17, 15) is 4.79 Å². The Morgan fingerprint density at radius 1 is 1.48 bits per heavy atom. The van der Waals surface area contributed by atoms with Crippen LogP contribution in [0.1, 0.15) is 40.7 Å². The van der Waals surface area contributed by atoms with E-state index in [1.54, 1.807) is 0 Å². The van der Waals surface area contributed by atoms with Crippen LogP contribution < -0.4 is 5.32 Å². The van der Waals surface area contributed by atoms with Crippen LogP contribution in [0.15, 0.2) is 18.2 Å². The van der Waals surface area contributed by atoms with Crippen molar-refractivity contribution >= 4 is 5.91 Å². The van der Waals surface area contributed by atoms with Gasteiger partial charge < -0.3 is 15.2 Å². The van der Waals surface area contributed by atoms with E-state index in [4.69, 9.17) is 9.84 Å². The summed E-state index contributed by atoms with van der Waals surface area (Å²) in [6, 6.07) is 5.61. The average molecular weight is 285 g/mol. The van der Waals surface area contributed by atoms with Crippen LogP contribution in [0.4, 0.5) is 0 Å². The molecule has 4 heteroatoms. The van der Waals surface area contributed by atoms with Crippen molar-refractivity contribution in [3.8, 4) is 11.8 Å². The van der Waals surface area contributed by atoms with Gasteiger partial charge in [0.15, 0.2) is 0 Å². The van der Waals surface area contributed by atoms with Gasteiger partial charge in [-0.05, 0) is 43.9 Å². The molecule has 0 aromatic heterocycles. The Labute approximate surface area is 124 Å². The number of carbonyl (C=O) groups excluding carboxylic acids is 1. The maximum absolute atomic E-state index is 12.5. The predicted octanol–water partition coefficient (Wildman–Crippen LogP) is 1.39. The Kier molecular flexibility index (Phi) is 3.96. The monoisotopic (exact) mass is 285 g/mol. The van der Waals surface area contributed by atoms with Gasteiger partial charge in [-0.25, -0.2) is 0 Å². The number of aliphatic hydroxyl groups is 1. The molecule has 0 radical (unpaired) electrons. The molecule has 2 N–H and O–H groups in total. The molecule has 2 aliphatic heterocycles. The third kappa shape index (κ3) is 2.80. The zero-order valence-electron chi connectivity index (χ0n) is 12.1. The zero-order chi connectivity index (χ0) is 14.8. The van der Waals surface area contributed by atoms with E-state index < -0.39 is 0 Å². The van der Waals surface area contributed by atoms with Crippen molar-refractivity contribution in [1.82, 2.24) is 5.32 Å². The van der Waals surface area contributed by atoms with Crippen molar-refractivity contribution in [3.63, 3.8) is 0 Å². The van der Waals surface area contributed by atoms with Gasteiger partial charge in [0, 0.05) is 11.1 Å². The Morgan fingerprint density at radius 3 is 3.00 bits per heavy atom. The van der Waals surface area contributed by atoms with E-state index in [0.29, 0.717) is 11.7 Å².